The number of aliphatic hydroxyl groups is 1. The molecule has 2 aliphatic heterocycles. The van der Waals surface area contributed by atoms with Crippen LogP contribution in [0.5, 0.6) is 0 Å². The highest BCUT2D eigenvalue weighted by Gasteiger charge is 2.48. The molecular weight excluding hydrogens is 1210 g/mol. The predicted octanol–water partition coefficient (Wildman–Crippen LogP) is 14.2. The van der Waals surface area contributed by atoms with Gasteiger partial charge in [-0.05, 0) is 165 Å². The van der Waals surface area contributed by atoms with Gasteiger partial charge >= 0.3 is 11.9 Å². The van der Waals surface area contributed by atoms with Crippen molar-refractivity contribution in [3.05, 3.63) is 109 Å². The van der Waals surface area contributed by atoms with E-state index in [0.29, 0.717) is 44.1 Å². The van der Waals surface area contributed by atoms with E-state index < -0.39 is 58.5 Å². The van der Waals surface area contributed by atoms with E-state index in [-0.39, 0.29) is 111 Å². The lowest BCUT2D eigenvalue weighted by Gasteiger charge is -2.34. The van der Waals surface area contributed by atoms with Gasteiger partial charge < -0.3 is 34.2 Å². The minimum Gasteiger partial charge on any atom is -0.462 e. The Kier molecular flexibility index (Phi) is 25.3. The molecular formula is C80H106N4O12. The standard InChI is InChI=1S/C40H54N2O6.C40H52N2O6/c2*1-5-11-30(38(46)36(44)22-27-16-17-27)23-35(43)34-25-41(31-20-18-29(19-21-31)28-12-7-6-8-13-28)26-42(34)39(47)33(40(2,3)4)24-37(45)48-32-14-9-10-15-32/h6-8,12-13,18-21,27,30,32-34,38,46H,5,9-11,14-17,22-26H2,1-4H3;6-8,12-13,18-21,27,30,32-34H,5,9-11,14-17,22-26H2,1-4H3/t30-,33-,34+,38?;30-,33-,34+/m11/s1. The molecule has 0 radical (unpaired) electrons. The SMILES string of the molecule is CCC[C@H](CC(=O)[C@@H]1CN(c2ccc(-c3ccccc3)cc2)CN1C(=O)[C@@H](CC(=O)OC1CCCC1)C(C)(C)C)C(=O)C(=O)CC1CC1.CCC[C@H](CC(=O)[C@@H]1CN(c2ccc(-c3ccccc3)cc2)CN1C(=O)[C@@H](CC(=O)OC1CCCC1)C(C)(C)C)C(O)C(=O)CC1CC1. The second-order valence-corrected chi connectivity index (χ2v) is 30.6. The van der Waals surface area contributed by atoms with Crippen molar-refractivity contribution >= 4 is 64.0 Å². The minimum atomic E-state index is -1.19. The van der Waals surface area contributed by atoms with Gasteiger partial charge in [0.1, 0.15) is 30.4 Å². The molecule has 6 fully saturated rings. The molecule has 1 unspecified atom stereocenters. The highest BCUT2D eigenvalue weighted by Crippen LogP contribution is 2.40. The number of carbonyl (C=O) groups excluding carboxylic acids is 9. The van der Waals surface area contributed by atoms with Gasteiger partial charge in [0, 0.05) is 56.1 Å². The number of amides is 2. The Labute approximate surface area is 570 Å². The van der Waals surface area contributed by atoms with Gasteiger partial charge in [-0.2, -0.15) is 0 Å². The zero-order chi connectivity index (χ0) is 68.8. The summed E-state index contributed by atoms with van der Waals surface area (Å²) in [5.41, 5.74) is 4.96. The minimum absolute atomic E-state index is 0.0184. The van der Waals surface area contributed by atoms with E-state index >= 15 is 0 Å². The first kappa shape index (κ1) is 72.9. The van der Waals surface area contributed by atoms with Gasteiger partial charge in [-0.15, -0.1) is 0 Å². The maximum Gasteiger partial charge on any atom is 0.306 e. The third-order valence-electron chi connectivity index (χ3n) is 20.8. The van der Waals surface area contributed by atoms with Gasteiger partial charge in [0.25, 0.3) is 0 Å². The zero-order valence-electron chi connectivity index (χ0n) is 58.4. The molecule has 0 spiro atoms. The van der Waals surface area contributed by atoms with Gasteiger partial charge in [0.2, 0.25) is 17.6 Å². The summed E-state index contributed by atoms with van der Waals surface area (Å²) in [5, 5.41) is 11.1. The quantitative estimate of drug-likeness (QED) is 0.0381. The number of nitrogens with zero attached hydrogens (tertiary/aromatic N) is 4. The molecule has 2 amide bonds. The number of anilines is 2. The van der Waals surface area contributed by atoms with Gasteiger partial charge in [0.05, 0.1) is 38.0 Å². The van der Waals surface area contributed by atoms with E-state index in [9.17, 15) is 48.3 Å². The highest BCUT2D eigenvalue weighted by molar-refractivity contribution is 6.38. The van der Waals surface area contributed by atoms with Crippen molar-refractivity contribution in [3.8, 4) is 22.3 Å². The summed E-state index contributed by atoms with van der Waals surface area (Å²) in [6.07, 6.45) is 13.0. The van der Waals surface area contributed by atoms with Crippen molar-refractivity contribution in [1.82, 2.24) is 9.80 Å². The van der Waals surface area contributed by atoms with Crippen LogP contribution in [-0.4, -0.2) is 124 Å². The number of esters is 2. The van der Waals surface area contributed by atoms with Crippen molar-refractivity contribution in [2.45, 2.75) is 227 Å². The first-order valence-electron chi connectivity index (χ1n) is 36.0. The smallest absolute Gasteiger partial charge is 0.306 e. The van der Waals surface area contributed by atoms with Gasteiger partial charge in [0.15, 0.2) is 23.1 Å². The molecule has 7 atom stereocenters. The molecule has 1 N–H and O–H groups in total. The van der Waals surface area contributed by atoms with Crippen LogP contribution in [-0.2, 0) is 52.6 Å². The number of hydrogen-bond donors (Lipinski definition) is 1. The van der Waals surface area contributed by atoms with Crippen LogP contribution in [0.3, 0.4) is 0 Å². The Morgan fingerprint density at radius 3 is 1.25 bits per heavy atom. The number of aliphatic hydroxyl groups excluding tert-OH is 1. The Morgan fingerprint density at radius 2 is 0.865 bits per heavy atom. The molecule has 96 heavy (non-hydrogen) atoms. The Balaban J connectivity index is 0.000000225. The lowest BCUT2D eigenvalue weighted by atomic mass is 9.77. The number of carbonyl (C=O) groups is 9. The first-order chi connectivity index (χ1) is 45.9. The van der Waals surface area contributed by atoms with E-state index in [1.54, 1.807) is 9.80 Å². The molecule has 0 bridgehead atoms. The van der Waals surface area contributed by atoms with Crippen molar-refractivity contribution in [2.24, 2.45) is 46.3 Å². The highest BCUT2D eigenvalue weighted by atomic mass is 16.5. The fourth-order valence-electron chi connectivity index (χ4n) is 14.5. The summed E-state index contributed by atoms with van der Waals surface area (Å²) < 4.78 is 11.5. The van der Waals surface area contributed by atoms with Crippen LogP contribution in [0.25, 0.3) is 22.3 Å². The monoisotopic (exact) mass is 1310 g/mol. The number of ketones is 5. The molecule has 16 nitrogen and oxygen atoms in total. The van der Waals surface area contributed by atoms with Crippen LogP contribution in [0.2, 0.25) is 0 Å². The maximum absolute atomic E-state index is 14.5. The van der Waals surface area contributed by atoms with E-state index in [1.807, 2.05) is 162 Å². The molecule has 10 rings (SSSR count). The van der Waals surface area contributed by atoms with Crippen LogP contribution in [0, 0.1) is 46.3 Å². The van der Waals surface area contributed by atoms with Crippen LogP contribution < -0.4 is 9.80 Å². The molecule has 518 valence electrons. The van der Waals surface area contributed by atoms with Crippen molar-refractivity contribution < 1.29 is 57.7 Å². The van der Waals surface area contributed by atoms with E-state index in [2.05, 4.69) is 12.1 Å². The molecule has 4 aromatic carbocycles. The number of Topliss-reactive ketones (excluding diaryl/α,β-unsaturated/α-hetero) is 5. The molecule has 2 saturated heterocycles. The average Bonchev–Trinajstić information content (AvgIpc) is 1.63. The van der Waals surface area contributed by atoms with Crippen LogP contribution >= 0.6 is 0 Å². The Morgan fingerprint density at radius 1 is 0.479 bits per heavy atom. The summed E-state index contributed by atoms with van der Waals surface area (Å²) in [7, 11) is 0. The molecule has 4 aliphatic carbocycles. The second-order valence-electron chi connectivity index (χ2n) is 30.6. The molecule has 6 aliphatic rings. The Hall–Kier alpha value is -7.33. The van der Waals surface area contributed by atoms with E-state index in [0.717, 1.165) is 117 Å². The fraction of sp³-hybridized carbons (Fsp3) is 0.588. The Bertz CT molecular complexity index is 3300. The van der Waals surface area contributed by atoms with Crippen LogP contribution in [0.15, 0.2) is 109 Å². The van der Waals surface area contributed by atoms with Crippen molar-refractivity contribution in [1.29, 1.82) is 0 Å². The van der Waals surface area contributed by atoms with Crippen molar-refractivity contribution in [2.75, 3.05) is 36.2 Å². The lowest BCUT2D eigenvalue weighted by molar-refractivity contribution is -0.156. The largest absolute Gasteiger partial charge is 0.462 e. The molecule has 2 heterocycles. The molecule has 0 aromatic heterocycles. The number of rotatable bonds is 30. The summed E-state index contributed by atoms with van der Waals surface area (Å²) >= 11 is 0. The summed E-state index contributed by atoms with van der Waals surface area (Å²) in [5.74, 6) is -4.59. The second kappa shape index (κ2) is 33.3. The lowest BCUT2D eigenvalue weighted by Crippen LogP contribution is -2.48. The maximum atomic E-state index is 14.5. The van der Waals surface area contributed by atoms with Gasteiger partial charge in [-0.3, -0.25) is 43.2 Å². The normalized spacial score (nSPS) is 20.0. The van der Waals surface area contributed by atoms with Crippen LogP contribution in [0.4, 0.5) is 11.4 Å². The van der Waals surface area contributed by atoms with Crippen LogP contribution in [0.1, 0.15) is 197 Å². The third-order valence-corrected chi connectivity index (χ3v) is 20.8. The molecule has 16 heteroatoms. The summed E-state index contributed by atoms with van der Waals surface area (Å²) in [6, 6.07) is 34.8. The van der Waals surface area contributed by atoms with Crippen molar-refractivity contribution in [3.63, 3.8) is 0 Å². The topological polar surface area (TPSA) is 205 Å². The number of hydrogen-bond acceptors (Lipinski definition) is 14. The third kappa shape index (κ3) is 19.9. The predicted molar refractivity (Wildman–Crippen MR) is 373 cm³/mol. The van der Waals surface area contributed by atoms with E-state index in [4.69, 9.17) is 9.47 Å². The molecule has 4 aromatic rings. The van der Waals surface area contributed by atoms with E-state index in [1.165, 1.54) is 0 Å². The average molecular weight is 1320 g/mol. The summed E-state index contributed by atoms with van der Waals surface area (Å²) in [6.45, 7) is 16.5. The van der Waals surface area contributed by atoms with Gasteiger partial charge in [-0.25, -0.2) is 0 Å². The number of benzene rings is 4. The first-order valence-corrected chi connectivity index (χ1v) is 36.0. The fourth-order valence-corrected chi connectivity index (χ4v) is 14.5. The number of ether oxygens (including phenoxy) is 2. The molecule has 4 saturated carbocycles. The van der Waals surface area contributed by atoms with Gasteiger partial charge in [-0.1, -0.05) is 153 Å². The zero-order valence-corrected chi connectivity index (χ0v) is 58.4. The summed E-state index contributed by atoms with van der Waals surface area (Å²) in [4.78, 5) is 130.